The van der Waals surface area contributed by atoms with Gasteiger partial charge in [0.1, 0.15) is 10.7 Å². The lowest BCUT2D eigenvalue weighted by molar-refractivity contribution is -0.120. The van der Waals surface area contributed by atoms with Crippen LogP contribution in [-0.4, -0.2) is 43.2 Å². The third-order valence-electron chi connectivity index (χ3n) is 4.02. The van der Waals surface area contributed by atoms with Crippen molar-refractivity contribution in [3.63, 3.8) is 0 Å². The number of carbonyl (C=O) groups is 2. The Kier molecular flexibility index (Phi) is 5.49. The number of hydrogen-bond acceptors (Lipinski definition) is 8. The first-order valence-electron chi connectivity index (χ1n) is 8.83. The van der Waals surface area contributed by atoms with Crippen LogP contribution in [0, 0.1) is 0 Å². The molecule has 0 spiro atoms. The SMILES string of the molecule is O=C(Cc1nnc(NC(=O)c2cc(=O)[nH]c(=O)[nH]2)s1)N/N=C\c1c[nH]c2ccccc12. The number of H-pyrrole nitrogens is 3. The van der Waals surface area contributed by atoms with Gasteiger partial charge in [0.05, 0.1) is 12.6 Å². The summed E-state index contributed by atoms with van der Waals surface area (Å²) in [6.07, 6.45) is 3.22. The van der Waals surface area contributed by atoms with E-state index in [1.165, 1.54) is 6.21 Å². The van der Waals surface area contributed by atoms with Gasteiger partial charge in [-0.15, -0.1) is 10.2 Å². The predicted octanol–water partition coefficient (Wildman–Crippen LogP) is 0.341. The largest absolute Gasteiger partial charge is 0.361 e. The molecule has 12 nitrogen and oxygen atoms in total. The first kappa shape index (κ1) is 19.9. The minimum Gasteiger partial charge on any atom is -0.361 e. The number of benzene rings is 1. The average Bonchev–Trinajstić information content (AvgIpc) is 3.34. The molecule has 0 aliphatic rings. The first-order chi connectivity index (χ1) is 15.0. The van der Waals surface area contributed by atoms with Gasteiger partial charge < -0.3 is 9.97 Å². The van der Waals surface area contributed by atoms with E-state index in [4.69, 9.17) is 0 Å². The Labute approximate surface area is 176 Å². The fraction of sp³-hybridized carbons (Fsp3) is 0.0556. The quantitative estimate of drug-likeness (QED) is 0.214. The molecule has 31 heavy (non-hydrogen) atoms. The average molecular weight is 438 g/mol. The van der Waals surface area contributed by atoms with Crippen molar-refractivity contribution < 1.29 is 9.59 Å². The van der Waals surface area contributed by atoms with E-state index in [0.29, 0.717) is 5.01 Å². The normalized spacial score (nSPS) is 11.1. The molecule has 0 fully saturated rings. The molecule has 1 aromatic carbocycles. The Morgan fingerprint density at radius 2 is 2.00 bits per heavy atom. The van der Waals surface area contributed by atoms with Gasteiger partial charge in [-0.1, -0.05) is 29.5 Å². The van der Waals surface area contributed by atoms with Crippen LogP contribution in [0.3, 0.4) is 0 Å². The molecule has 4 aromatic rings. The van der Waals surface area contributed by atoms with Gasteiger partial charge in [-0.3, -0.25) is 24.7 Å². The topological polar surface area (TPSA) is 178 Å². The third kappa shape index (κ3) is 4.79. The number of hydrogen-bond donors (Lipinski definition) is 5. The number of carbonyl (C=O) groups excluding carboxylic acids is 2. The molecule has 0 atom stereocenters. The van der Waals surface area contributed by atoms with E-state index >= 15 is 0 Å². The van der Waals surface area contributed by atoms with Crippen LogP contribution in [0.2, 0.25) is 0 Å². The number of aromatic nitrogens is 5. The summed E-state index contributed by atoms with van der Waals surface area (Å²) >= 11 is 0.976. The number of nitrogens with zero attached hydrogens (tertiary/aromatic N) is 3. The van der Waals surface area contributed by atoms with E-state index in [0.717, 1.165) is 33.9 Å². The highest BCUT2D eigenvalue weighted by atomic mass is 32.1. The minimum atomic E-state index is -0.805. The zero-order valence-corrected chi connectivity index (χ0v) is 16.4. The van der Waals surface area contributed by atoms with Crippen molar-refractivity contribution in [2.75, 3.05) is 5.32 Å². The molecule has 0 saturated heterocycles. The summed E-state index contributed by atoms with van der Waals surface area (Å²) in [6, 6.07) is 8.64. The van der Waals surface area contributed by atoms with E-state index < -0.39 is 23.1 Å². The number of nitrogens with one attached hydrogen (secondary N) is 5. The van der Waals surface area contributed by atoms with Crippen molar-refractivity contribution in [1.29, 1.82) is 0 Å². The number of rotatable bonds is 6. The molecule has 3 aromatic heterocycles. The molecule has 4 rings (SSSR count). The number of hydrazone groups is 1. The van der Waals surface area contributed by atoms with Crippen LogP contribution < -0.4 is 22.0 Å². The Morgan fingerprint density at radius 3 is 2.84 bits per heavy atom. The molecule has 0 aliphatic heterocycles. The van der Waals surface area contributed by atoms with Gasteiger partial charge in [0.15, 0.2) is 0 Å². The maximum atomic E-state index is 12.1. The molecule has 13 heteroatoms. The molecule has 156 valence electrons. The highest BCUT2D eigenvalue weighted by Crippen LogP contribution is 2.17. The fourth-order valence-corrected chi connectivity index (χ4v) is 3.42. The molecule has 0 radical (unpaired) electrons. The highest BCUT2D eigenvalue weighted by molar-refractivity contribution is 7.15. The molecule has 0 saturated carbocycles. The second kappa shape index (κ2) is 8.54. The summed E-state index contributed by atoms with van der Waals surface area (Å²) in [5.74, 6) is -1.15. The van der Waals surface area contributed by atoms with Crippen molar-refractivity contribution in [1.82, 2.24) is 30.6 Å². The number of amides is 2. The van der Waals surface area contributed by atoms with Crippen molar-refractivity contribution in [3.05, 3.63) is 73.6 Å². The van der Waals surface area contributed by atoms with Crippen LogP contribution in [-0.2, 0) is 11.2 Å². The van der Waals surface area contributed by atoms with Gasteiger partial charge in [0.25, 0.3) is 11.5 Å². The van der Waals surface area contributed by atoms with Crippen LogP contribution >= 0.6 is 11.3 Å². The number of para-hydroxylation sites is 1. The molecule has 0 aliphatic carbocycles. The van der Waals surface area contributed by atoms with Gasteiger partial charge in [-0.25, -0.2) is 10.2 Å². The van der Waals surface area contributed by atoms with Gasteiger partial charge >= 0.3 is 5.69 Å². The predicted molar refractivity (Wildman–Crippen MR) is 113 cm³/mol. The van der Waals surface area contributed by atoms with E-state index in [1.807, 2.05) is 29.2 Å². The summed E-state index contributed by atoms with van der Waals surface area (Å²) in [5, 5.41) is 15.4. The zero-order valence-electron chi connectivity index (χ0n) is 15.6. The van der Waals surface area contributed by atoms with Crippen LogP contribution in [0.25, 0.3) is 10.9 Å². The maximum absolute atomic E-state index is 12.1. The summed E-state index contributed by atoms with van der Waals surface area (Å²) in [7, 11) is 0. The Balaban J connectivity index is 1.34. The lowest BCUT2D eigenvalue weighted by atomic mass is 10.2. The van der Waals surface area contributed by atoms with E-state index in [2.05, 4.69) is 36.0 Å². The maximum Gasteiger partial charge on any atom is 0.326 e. The summed E-state index contributed by atoms with van der Waals surface area (Å²) in [6.45, 7) is 0. The Morgan fingerprint density at radius 1 is 1.16 bits per heavy atom. The zero-order chi connectivity index (χ0) is 21.8. The molecule has 2 amide bonds. The second-order valence-corrected chi connectivity index (χ2v) is 7.28. The van der Waals surface area contributed by atoms with Gasteiger partial charge in [0, 0.05) is 28.7 Å². The van der Waals surface area contributed by atoms with Crippen LogP contribution in [0.15, 0.2) is 51.2 Å². The van der Waals surface area contributed by atoms with E-state index in [9.17, 15) is 19.2 Å². The fourth-order valence-electron chi connectivity index (χ4n) is 2.68. The molecule has 5 N–H and O–H groups in total. The second-order valence-electron chi connectivity index (χ2n) is 6.22. The van der Waals surface area contributed by atoms with Crippen LogP contribution in [0.4, 0.5) is 5.13 Å². The van der Waals surface area contributed by atoms with Crippen molar-refractivity contribution >= 4 is 45.4 Å². The van der Waals surface area contributed by atoms with Crippen molar-refractivity contribution in [2.45, 2.75) is 6.42 Å². The summed E-state index contributed by atoms with van der Waals surface area (Å²) in [5.41, 5.74) is 2.46. The molecule has 3 heterocycles. The molecular weight excluding hydrogens is 424 g/mol. The third-order valence-corrected chi connectivity index (χ3v) is 4.86. The van der Waals surface area contributed by atoms with Crippen LogP contribution in [0.1, 0.15) is 21.1 Å². The number of fused-ring (bicyclic) bond motifs is 1. The van der Waals surface area contributed by atoms with Crippen LogP contribution in [0.5, 0.6) is 0 Å². The summed E-state index contributed by atoms with van der Waals surface area (Å²) in [4.78, 5) is 54.0. The smallest absolute Gasteiger partial charge is 0.326 e. The molecule has 0 unspecified atom stereocenters. The minimum absolute atomic E-state index is 0.0966. The first-order valence-corrected chi connectivity index (χ1v) is 9.65. The van der Waals surface area contributed by atoms with E-state index in [1.54, 1.807) is 6.20 Å². The summed E-state index contributed by atoms with van der Waals surface area (Å²) < 4.78 is 0. The monoisotopic (exact) mass is 438 g/mol. The van der Waals surface area contributed by atoms with Gasteiger partial charge in [-0.2, -0.15) is 5.10 Å². The number of anilines is 1. The van der Waals surface area contributed by atoms with E-state index in [-0.39, 0.29) is 17.2 Å². The van der Waals surface area contributed by atoms with Gasteiger partial charge in [-0.05, 0) is 6.07 Å². The number of aromatic amines is 3. The standard InChI is InChI=1S/C18H14N8O4S/c27-13-5-12(21-17(30)22-13)16(29)23-18-26-25-15(31-18)6-14(28)24-20-8-9-7-19-11-4-2-1-3-10(9)11/h1-5,7-8,19H,6H2,(H,24,28)(H,23,26,29)(H2,21,22,27,30)/b20-8-. The Hall–Kier alpha value is -4.39. The molecule has 0 bridgehead atoms. The lowest BCUT2D eigenvalue weighted by Gasteiger charge is -1.99. The Bertz CT molecular complexity index is 1390. The van der Waals surface area contributed by atoms with Gasteiger partial charge in [0.2, 0.25) is 11.0 Å². The highest BCUT2D eigenvalue weighted by Gasteiger charge is 2.13. The molecular formula is C18H14N8O4S. The van der Waals surface area contributed by atoms with Crippen molar-refractivity contribution in [3.8, 4) is 0 Å². The lowest BCUT2D eigenvalue weighted by Crippen LogP contribution is -2.27. The van der Waals surface area contributed by atoms with Crippen molar-refractivity contribution in [2.24, 2.45) is 5.10 Å².